The Bertz CT molecular complexity index is 622. The molecule has 100 valence electrons. The summed E-state index contributed by atoms with van der Waals surface area (Å²) < 4.78 is 1.79. The second-order valence-corrected chi connectivity index (χ2v) is 4.80. The van der Waals surface area contributed by atoms with E-state index in [0.29, 0.717) is 25.1 Å². The van der Waals surface area contributed by atoms with Crippen molar-refractivity contribution in [1.29, 1.82) is 0 Å². The van der Waals surface area contributed by atoms with E-state index in [-0.39, 0.29) is 5.91 Å². The van der Waals surface area contributed by atoms with Crippen LogP contribution in [-0.2, 0) is 6.54 Å². The van der Waals surface area contributed by atoms with Gasteiger partial charge in [-0.05, 0) is 31.5 Å². The van der Waals surface area contributed by atoms with Crippen LogP contribution in [-0.4, -0.2) is 50.1 Å². The molecule has 1 aromatic heterocycles. The molecule has 0 spiro atoms. The van der Waals surface area contributed by atoms with Crippen LogP contribution in [0.15, 0.2) is 18.2 Å². The van der Waals surface area contributed by atoms with Crippen LogP contribution in [0.3, 0.4) is 0 Å². The van der Waals surface area contributed by atoms with Crippen molar-refractivity contribution in [2.75, 3.05) is 13.1 Å². The maximum atomic E-state index is 12.3. The molecular formula is C13H16N4O2. The molecule has 0 saturated carbocycles. The van der Waals surface area contributed by atoms with Crippen molar-refractivity contribution >= 4 is 16.9 Å². The Morgan fingerprint density at radius 2 is 2.37 bits per heavy atom. The van der Waals surface area contributed by atoms with Gasteiger partial charge in [0.2, 0.25) is 0 Å². The third kappa shape index (κ3) is 2.08. The Morgan fingerprint density at radius 3 is 3.05 bits per heavy atom. The number of benzene rings is 1. The zero-order chi connectivity index (χ0) is 13.4. The summed E-state index contributed by atoms with van der Waals surface area (Å²) in [7, 11) is 0. The number of carbonyl (C=O) groups excluding carboxylic acids is 1. The maximum absolute atomic E-state index is 12.3. The van der Waals surface area contributed by atoms with Gasteiger partial charge in [0.1, 0.15) is 5.52 Å². The van der Waals surface area contributed by atoms with Gasteiger partial charge in [-0.2, -0.15) is 0 Å². The van der Waals surface area contributed by atoms with Crippen LogP contribution in [0.4, 0.5) is 0 Å². The van der Waals surface area contributed by atoms with Gasteiger partial charge in [0.05, 0.1) is 11.6 Å². The molecule has 1 atom stereocenters. The first kappa shape index (κ1) is 12.1. The Kier molecular flexibility index (Phi) is 2.94. The smallest absolute Gasteiger partial charge is 0.254 e. The lowest BCUT2D eigenvalue weighted by Crippen LogP contribution is -2.29. The Hall–Kier alpha value is -1.95. The molecule has 1 N–H and O–H groups in total. The van der Waals surface area contributed by atoms with E-state index >= 15 is 0 Å². The number of aliphatic hydroxyl groups excluding tert-OH is 1. The number of likely N-dealkylation sites (tertiary alicyclic amines) is 1. The predicted octanol–water partition coefficient (Wildman–Crippen LogP) is 0.658. The summed E-state index contributed by atoms with van der Waals surface area (Å²) in [6.45, 7) is 3.78. The van der Waals surface area contributed by atoms with Crippen LogP contribution >= 0.6 is 0 Å². The predicted molar refractivity (Wildman–Crippen MR) is 69.7 cm³/mol. The SMILES string of the molecule is CCn1nnc2cc(C(=O)N3CC[C@@H](O)C3)ccc21. The minimum absolute atomic E-state index is 0.0514. The number of aromatic nitrogens is 3. The topological polar surface area (TPSA) is 71.2 Å². The highest BCUT2D eigenvalue weighted by molar-refractivity contribution is 5.97. The lowest BCUT2D eigenvalue weighted by atomic mass is 10.1. The summed E-state index contributed by atoms with van der Waals surface area (Å²) in [4.78, 5) is 13.9. The lowest BCUT2D eigenvalue weighted by Gasteiger charge is -2.15. The van der Waals surface area contributed by atoms with Crippen LogP contribution in [0.1, 0.15) is 23.7 Å². The third-order valence-corrected chi connectivity index (χ3v) is 3.51. The molecule has 0 unspecified atom stereocenters. The zero-order valence-electron chi connectivity index (χ0n) is 10.8. The van der Waals surface area contributed by atoms with Crippen molar-refractivity contribution in [1.82, 2.24) is 19.9 Å². The van der Waals surface area contributed by atoms with Crippen LogP contribution < -0.4 is 0 Å². The summed E-state index contributed by atoms with van der Waals surface area (Å²) in [6.07, 6.45) is 0.258. The fraction of sp³-hybridized carbons (Fsp3) is 0.462. The molecule has 0 radical (unpaired) electrons. The van der Waals surface area contributed by atoms with Crippen molar-refractivity contribution in [3.05, 3.63) is 23.8 Å². The molecule has 19 heavy (non-hydrogen) atoms. The summed E-state index contributed by atoms with van der Waals surface area (Å²) in [6, 6.07) is 5.44. The van der Waals surface area contributed by atoms with E-state index in [4.69, 9.17) is 0 Å². The lowest BCUT2D eigenvalue weighted by molar-refractivity contribution is 0.0765. The van der Waals surface area contributed by atoms with Gasteiger partial charge >= 0.3 is 0 Å². The molecule has 1 amide bonds. The second-order valence-electron chi connectivity index (χ2n) is 4.80. The van der Waals surface area contributed by atoms with E-state index in [1.54, 1.807) is 21.7 Å². The van der Waals surface area contributed by atoms with E-state index in [1.807, 2.05) is 13.0 Å². The quantitative estimate of drug-likeness (QED) is 0.861. The van der Waals surface area contributed by atoms with Gasteiger partial charge in [0.15, 0.2) is 0 Å². The number of rotatable bonds is 2. The van der Waals surface area contributed by atoms with Gasteiger partial charge < -0.3 is 10.0 Å². The van der Waals surface area contributed by atoms with Crippen LogP contribution in [0, 0.1) is 0 Å². The molecule has 2 heterocycles. The van der Waals surface area contributed by atoms with Crippen LogP contribution in [0.25, 0.3) is 11.0 Å². The first-order chi connectivity index (χ1) is 9.19. The number of carbonyl (C=O) groups is 1. The number of hydrogen-bond donors (Lipinski definition) is 1. The number of β-amino-alcohol motifs (C(OH)–C–C–N with tert-alkyl or cyclic N) is 1. The fourth-order valence-electron chi connectivity index (χ4n) is 2.45. The first-order valence-electron chi connectivity index (χ1n) is 6.49. The van der Waals surface area contributed by atoms with E-state index in [1.165, 1.54) is 0 Å². The monoisotopic (exact) mass is 260 g/mol. The second kappa shape index (κ2) is 4.62. The van der Waals surface area contributed by atoms with E-state index in [9.17, 15) is 9.90 Å². The first-order valence-corrected chi connectivity index (χ1v) is 6.49. The van der Waals surface area contributed by atoms with E-state index in [0.717, 1.165) is 17.6 Å². The summed E-state index contributed by atoms with van der Waals surface area (Å²) in [5.74, 6) is -0.0514. The molecular weight excluding hydrogens is 244 g/mol. The highest BCUT2D eigenvalue weighted by atomic mass is 16.3. The number of hydrogen-bond acceptors (Lipinski definition) is 4. The molecule has 0 aliphatic carbocycles. The minimum Gasteiger partial charge on any atom is -0.391 e. The molecule has 1 saturated heterocycles. The largest absolute Gasteiger partial charge is 0.391 e. The Balaban J connectivity index is 1.91. The van der Waals surface area contributed by atoms with E-state index < -0.39 is 6.10 Å². The standard InChI is InChI=1S/C13H16N4O2/c1-2-17-12-4-3-9(7-11(12)14-15-17)13(19)16-6-5-10(18)8-16/h3-4,7,10,18H,2,5-6,8H2,1H3/t10-/m1/s1. The normalized spacial score (nSPS) is 19.3. The average molecular weight is 260 g/mol. The summed E-state index contributed by atoms with van der Waals surface area (Å²) in [5.41, 5.74) is 2.26. The molecule has 2 aromatic rings. The molecule has 1 aliphatic rings. The van der Waals surface area contributed by atoms with Crippen molar-refractivity contribution < 1.29 is 9.90 Å². The average Bonchev–Trinajstić information content (AvgIpc) is 3.03. The Morgan fingerprint density at radius 1 is 1.53 bits per heavy atom. The van der Waals surface area contributed by atoms with Crippen molar-refractivity contribution in [2.45, 2.75) is 26.0 Å². The van der Waals surface area contributed by atoms with Crippen molar-refractivity contribution in [3.8, 4) is 0 Å². The van der Waals surface area contributed by atoms with Crippen LogP contribution in [0.5, 0.6) is 0 Å². The van der Waals surface area contributed by atoms with E-state index in [2.05, 4.69) is 10.3 Å². The van der Waals surface area contributed by atoms with Gasteiger partial charge in [0, 0.05) is 25.2 Å². The number of aryl methyl sites for hydroxylation is 1. The molecule has 6 nitrogen and oxygen atoms in total. The molecule has 0 bridgehead atoms. The van der Waals surface area contributed by atoms with Gasteiger partial charge in [-0.15, -0.1) is 5.10 Å². The van der Waals surface area contributed by atoms with Crippen LogP contribution in [0.2, 0.25) is 0 Å². The molecule has 1 aliphatic heterocycles. The van der Waals surface area contributed by atoms with Gasteiger partial charge in [-0.1, -0.05) is 5.21 Å². The zero-order valence-corrected chi connectivity index (χ0v) is 10.8. The number of aliphatic hydroxyl groups is 1. The van der Waals surface area contributed by atoms with Crippen molar-refractivity contribution in [3.63, 3.8) is 0 Å². The highest BCUT2D eigenvalue weighted by Gasteiger charge is 2.25. The molecule has 3 rings (SSSR count). The number of amides is 1. The highest BCUT2D eigenvalue weighted by Crippen LogP contribution is 2.17. The van der Waals surface area contributed by atoms with Gasteiger partial charge in [-0.25, -0.2) is 4.68 Å². The van der Waals surface area contributed by atoms with Gasteiger partial charge in [-0.3, -0.25) is 4.79 Å². The minimum atomic E-state index is -0.395. The van der Waals surface area contributed by atoms with Gasteiger partial charge in [0.25, 0.3) is 5.91 Å². The molecule has 1 aromatic carbocycles. The number of fused-ring (bicyclic) bond motifs is 1. The fourth-order valence-corrected chi connectivity index (χ4v) is 2.45. The summed E-state index contributed by atoms with van der Waals surface area (Å²) >= 11 is 0. The Labute approximate surface area is 110 Å². The molecule has 6 heteroatoms. The summed E-state index contributed by atoms with van der Waals surface area (Å²) in [5, 5.41) is 17.6. The third-order valence-electron chi connectivity index (χ3n) is 3.51. The maximum Gasteiger partial charge on any atom is 0.254 e. The number of nitrogens with zero attached hydrogens (tertiary/aromatic N) is 4. The van der Waals surface area contributed by atoms with Crippen molar-refractivity contribution in [2.24, 2.45) is 0 Å². The molecule has 1 fully saturated rings.